The van der Waals surface area contributed by atoms with E-state index in [9.17, 15) is 17.6 Å². The molecule has 3 N–H and O–H groups in total. The van der Waals surface area contributed by atoms with Gasteiger partial charge in [0.15, 0.2) is 0 Å². The minimum atomic E-state index is -3.84. The van der Waals surface area contributed by atoms with Crippen molar-refractivity contribution in [2.45, 2.75) is 43.0 Å². The molecule has 1 aromatic rings. The molecule has 2 aliphatic rings. The van der Waals surface area contributed by atoms with Gasteiger partial charge in [0.1, 0.15) is 5.82 Å². The van der Waals surface area contributed by atoms with Crippen LogP contribution in [0.5, 0.6) is 0 Å². The lowest BCUT2D eigenvalue weighted by molar-refractivity contribution is 0.0788. The number of nitrogens with zero attached hydrogens (tertiary/aromatic N) is 1. The van der Waals surface area contributed by atoms with Crippen LogP contribution in [0.3, 0.4) is 0 Å². The molecule has 1 heterocycles. The van der Waals surface area contributed by atoms with Gasteiger partial charge in [0.25, 0.3) is 5.91 Å². The summed E-state index contributed by atoms with van der Waals surface area (Å²) < 4.78 is 42.1. The molecule has 1 saturated carbocycles. The number of hydrogen-bond donors (Lipinski definition) is 2. The molecule has 0 aromatic heterocycles. The van der Waals surface area contributed by atoms with Crippen LogP contribution in [0, 0.1) is 11.7 Å². The van der Waals surface area contributed by atoms with E-state index in [4.69, 9.17) is 5.73 Å². The zero-order valence-corrected chi connectivity index (χ0v) is 14.9. The number of sulfonamides is 1. The van der Waals surface area contributed by atoms with Crippen LogP contribution in [-0.4, -0.2) is 44.9 Å². The number of nitrogens with two attached hydrogens (primary N) is 1. The summed E-state index contributed by atoms with van der Waals surface area (Å²) in [6.07, 6.45) is 4.37. The number of amides is 1. The first-order valence-electron chi connectivity index (χ1n) is 8.73. The summed E-state index contributed by atoms with van der Waals surface area (Å²) in [7, 11) is -3.84. The molecule has 0 bridgehead atoms. The van der Waals surface area contributed by atoms with Gasteiger partial charge in [-0.05, 0) is 56.3 Å². The van der Waals surface area contributed by atoms with Gasteiger partial charge >= 0.3 is 0 Å². The number of carbonyl (C=O) groups excluding carboxylic acids is 1. The van der Waals surface area contributed by atoms with Crippen molar-refractivity contribution in [3.05, 3.63) is 29.6 Å². The lowest BCUT2D eigenvalue weighted by Gasteiger charge is -2.20. The quantitative estimate of drug-likeness (QED) is 0.822. The van der Waals surface area contributed by atoms with E-state index in [0.717, 1.165) is 38.2 Å². The summed E-state index contributed by atoms with van der Waals surface area (Å²) in [6.45, 7) is 1.65. The molecular formula is C17H24FN3O3S. The molecule has 1 aliphatic heterocycles. The third-order valence-corrected chi connectivity index (χ3v) is 6.63. The number of likely N-dealkylation sites (tertiary alicyclic amines) is 1. The highest BCUT2D eigenvalue weighted by atomic mass is 32.2. The van der Waals surface area contributed by atoms with Gasteiger partial charge in [-0.1, -0.05) is 6.42 Å². The summed E-state index contributed by atoms with van der Waals surface area (Å²) in [5.74, 6) is -1.08. The minimum absolute atomic E-state index is 0.0819. The molecule has 25 heavy (non-hydrogen) atoms. The second kappa shape index (κ2) is 7.39. The minimum Gasteiger partial charge on any atom is -0.339 e. The fourth-order valence-electron chi connectivity index (χ4n) is 3.67. The third-order valence-electron chi connectivity index (χ3n) is 5.14. The van der Waals surface area contributed by atoms with E-state index < -0.39 is 15.8 Å². The van der Waals surface area contributed by atoms with Crippen LogP contribution >= 0.6 is 0 Å². The van der Waals surface area contributed by atoms with Gasteiger partial charge in [-0.15, -0.1) is 0 Å². The van der Waals surface area contributed by atoms with Crippen molar-refractivity contribution in [3.63, 3.8) is 0 Å². The van der Waals surface area contributed by atoms with Crippen LogP contribution in [0.2, 0.25) is 0 Å². The first-order valence-corrected chi connectivity index (χ1v) is 10.2. The van der Waals surface area contributed by atoms with Crippen molar-refractivity contribution >= 4 is 15.9 Å². The van der Waals surface area contributed by atoms with Gasteiger partial charge in [0.05, 0.1) is 10.5 Å². The van der Waals surface area contributed by atoms with Crippen LogP contribution < -0.4 is 10.5 Å². The molecule has 2 unspecified atom stereocenters. The van der Waals surface area contributed by atoms with Crippen molar-refractivity contribution in [2.75, 3.05) is 19.6 Å². The van der Waals surface area contributed by atoms with E-state index >= 15 is 0 Å². The molecule has 2 atom stereocenters. The molecule has 6 nitrogen and oxygen atoms in total. The molecule has 1 amide bonds. The Hall–Kier alpha value is -1.51. The van der Waals surface area contributed by atoms with E-state index in [1.807, 2.05) is 0 Å². The van der Waals surface area contributed by atoms with Gasteiger partial charge in [0, 0.05) is 19.1 Å². The zero-order valence-electron chi connectivity index (χ0n) is 14.1. The Morgan fingerprint density at radius 3 is 2.60 bits per heavy atom. The lowest BCUT2D eigenvalue weighted by Crippen LogP contribution is -2.39. The number of hydrogen-bond acceptors (Lipinski definition) is 4. The van der Waals surface area contributed by atoms with Crippen molar-refractivity contribution in [3.8, 4) is 0 Å². The number of nitrogens with one attached hydrogen (secondary N) is 1. The van der Waals surface area contributed by atoms with E-state index in [2.05, 4.69) is 4.72 Å². The first kappa shape index (κ1) is 18.3. The molecular weight excluding hydrogens is 345 g/mol. The molecule has 0 spiro atoms. The van der Waals surface area contributed by atoms with Crippen molar-refractivity contribution < 1.29 is 17.6 Å². The zero-order chi connectivity index (χ0) is 18.0. The summed E-state index contributed by atoms with van der Waals surface area (Å²) in [5.41, 5.74) is 5.60. The normalized spacial score (nSPS) is 24.0. The number of rotatable bonds is 5. The summed E-state index contributed by atoms with van der Waals surface area (Å²) in [5, 5.41) is 0. The highest BCUT2D eigenvalue weighted by Gasteiger charge is 2.31. The van der Waals surface area contributed by atoms with E-state index in [0.29, 0.717) is 19.6 Å². The molecule has 138 valence electrons. The molecule has 8 heteroatoms. The molecule has 0 radical (unpaired) electrons. The fourth-order valence-corrected chi connectivity index (χ4v) is 5.02. The Bertz CT molecular complexity index is 748. The molecule has 1 aliphatic carbocycles. The summed E-state index contributed by atoms with van der Waals surface area (Å²) >= 11 is 0. The van der Waals surface area contributed by atoms with Crippen LogP contribution in [0.4, 0.5) is 4.39 Å². The maximum atomic E-state index is 14.4. The molecule has 2 fully saturated rings. The highest BCUT2D eigenvalue weighted by Crippen LogP contribution is 2.27. The Kier molecular flexibility index (Phi) is 5.41. The maximum absolute atomic E-state index is 14.4. The molecule has 1 aromatic carbocycles. The van der Waals surface area contributed by atoms with Gasteiger partial charge in [0.2, 0.25) is 10.0 Å². The average Bonchev–Trinajstić information content (AvgIpc) is 3.25. The highest BCUT2D eigenvalue weighted by molar-refractivity contribution is 7.89. The third kappa shape index (κ3) is 3.86. The Morgan fingerprint density at radius 1 is 1.24 bits per heavy atom. The van der Waals surface area contributed by atoms with E-state index in [1.165, 1.54) is 12.1 Å². The van der Waals surface area contributed by atoms with Crippen molar-refractivity contribution in [2.24, 2.45) is 11.7 Å². The summed E-state index contributed by atoms with van der Waals surface area (Å²) in [6, 6.07) is 3.27. The Morgan fingerprint density at radius 2 is 1.96 bits per heavy atom. The van der Waals surface area contributed by atoms with E-state index in [-0.39, 0.29) is 28.3 Å². The van der Waals surface area contributed by atoms with Crippen molar-refractivity contribution in [1.82, 2.24) is 9.62 Å². The number of benzene rings is 1. The first-order chi connectivity index (χ1) is 11.9. The maximum Gasteiger partial charge on any atom is 0.256 e. The van der Waals surface area contributed by atoms with Crippen LogP contribution in [0.25, 0.3) is 0 Å². The standard InChI is InChI=1S/C17H24FN3O3S/c18-15-10-13(6-7-14(15)17(22)21-8-1-2-9-21)25(23,24)20-16-5-3-4-12(16)11-19/h6-7,10,12,16,20H,1-5,8-9,11,19H2. The lowest BCUT2D eigenvalue weighted by atomic mass is 10.1. The monoisotopic (exact) mass is 369 g/mol. The van der Waals surface area contributed by atoms with Gasteiger partial charge in [-0.3, -0.25) is 4.79 Å². The van der Waals surface area contributed by atoms with Crippen molar-refractivity contribution in [1.29, 1.82) is 0 Å². The topological polar surface area (TPSA) is 92.5 Å². The fraction of sp³-hybridized carbons (Fsp3) is 0.588. The number of carbonyl (C=O) groups is 1. The SMILES string of the molecule is NCC1CCCC1NS(=O)(=O)c1ccc(C(=O)N2CCCC2)c(F)c1. The predicted octanol–water partition coefficient (Wildman–Crippen LogP) is 1.47. The largest absolute Gasteiger partial charge is 0.339 e. The van der Waals surface area contributed by atoms with Crippen LogP contribution in [0.1, 0.15) is 42.5 Å². The second-order valence-electron chi connectivity index (χ2n) is 6.80. The smallest absolute Gasteiger partial charge is 0.256 e. The van der Waals surface area contributed by atoms with Crippen LogP contribution in [0.15, 0.2) is 23.1 Å². The molecule has 1 saturated heterocycles. The van der Waals surface area contributed by atoms with E-state index in [1.54, 1.807) is 4.90 Å². The molecule has 3 rings (SSSR count). The Labute approximate surface area is 147 Å². The predicted molar refractivity (Wildman–Crippen MR) is 92.0 cm³/mol. The number of halogens is 1. The summed E-state index contributed by atoms with van der Waals surface area (Å²) in [4.78, 5) is 13.7. The van der Waals surface area contributed by atoms with Crippen LogP contribution in [-0.2, 0) is 10.0 Å². The second-order valence-corrected chi connectivity index (χ2v) is 8.51. The average molecular weight is 369 g/mol. The van der Waals surface area contributed by atoms with Gasteiger partial charge < -0.3 is 10.6 Å². The van der Waals surface area contributed by atoms with Gasteiger partial charge in [-0.25, -0.2) is 17.5 Å². The van der Waals surface area contributed by atoms with Gasteiger partial charge in [-0.2, -0.15) is 0 Å². The Balaban J connectivity index is 1.78.